The zero-order valence-corrected chi connectivity index (χ0v) is 18.8. The van der Waals surface area contributed by atoms with Gasteiger partial charge in [-0.2, -0.15) is 4.80 Å². The molecule has 172 valence electrons. The van der Waals surface area contributed by atoms with Crippen LogP contribution in [0.25, 0.3) is 11.4 Å². The first-order chi connectivity index (χ1) is 16.2. The van der Waals surface area contributed by atoms with Gasteiger partial charge in [-0.3, -0.25) is 9.59 Å². The number of amides is 2. The predicted molar refractivity (Wildman–Crippen MR) is 125 cm³/mol. The van der Waals surface area contributed by atoms with Crippen LogP contribution in [-0.2, 0) is 22.6 Å². The van der Waals surface area contributed by atoms with E-state index in [1.807, 2.05) is 58.3 Å². The average Bonchev–Trinajstić information content (AvgIpc) is 3.34. The first-order valence-electron chi connectivity index (χ1n) is 11.6. The largest absolute Gasteiger partial charge is 0.339 e. The highest BCUT2D eigenvalue weighted by molar-refractivity contribution is 5.78. The minimum atomic E-state index is 0.120. The molecule has 1 fully saturated rings. The molecular formula is C25H30N6O2. The van der Waals surface area contributed by atoms with Gasteiger partial charge in [0.1, 0.15) is 0 Å². The molecule has 1 aliphatic heterocycles. The number of tetrazole rings is 1. The second-order valence-corrected chi connectivity index (χ2v) is 8.28. The summed E-state index contributed by atoms with van der Waals surface area (Å²) >= 11 is 0. The number of piperazine rings is 1. The van der Waals surface area contributed by atoms with Crippen LogP contribution in [0.2, 0.25) is 0 Å². The lowest BCUT2D eigenvalue weighted by Crippen LogP contribution is -2.50. The molecule has 0 spiro atoms. The molecule has 0 saturated carbocycles. The van der Waals surface area contributed by atoms with E-state index in [1.165, 1.54) is 5.56 Å². The van der Waals surface area contributed by atoms with Crippen molar-refractivity contribution < 1.29 is 9.59 Å². The van der Waals surface area contributed by atoms with Gasteiger partial charge in [-0.1, -0.05) is 60.7 Å². The number of aryl methyl sites for hydroxylation is 2. The lowest BCUT2D eigenvalue weighted by Gasteiger charge is -2.35. The van der Waals surface area contributed by atoms with Crippen LogP contribution in [0.1, 0.15) is 31.2 Å². The second kappa shape index (κ2) is 11.4. The molecule has 4 rings (SSSR count). The van der Waals surface area contributed by atoms with Crippen molar-refractivity contribution in [3.63, 3.8) is 0 Å². The molecule has 0 aliphatic carbocycles. The van der Waals surface area contributed by atoms with Gasteiger partial charge in [0.25, 0.3) is 0 Å². The Labute approximate surface area is 194 Å². The second-order valence-electron chi connectivity index (χ2n) is 8.28. The minimum Gasteiger partial charge on any atom is -0.339 e. The van der Waals surface area contributed by atoms with Gasteiger partial charge in [-0.25, -0.2) is 0 Å². The Morgan fingerprint density at radius 2 is 1.33 bits per heavy atom. The van der Waals surface area contributed by atoms with Gasteiger partial charge >= 0.3 is 0 Å². The molecule has 3 aromatic rings. The SMILES string of the molecule is O=C(CCCc1ccccc1)N1CCN(C(=O)CCCn2nnc(-c3ccccc3)n2)CC1. The van der Waals surface area contributed by atoms with Crippen LogP contribution in [0.3, 0.4) is 0 Å². The Morgan fingerprint density at radius 1 is 0.758 bits per heavy atom. The third-order valence-corrected chi connectivity index (χ3v) is 5.92. The van der Waals surface area contributed by atoms with Crippen molar-refractivity contribution in [2.45, 2.75) is 38.6 Å². The number of carbonyl (C=O) groups is 2. The van der Waals surface area contributed by atoms with Crippen LogP contribution in [0.15, 0.2) is 60.7 Å². The summed E-state index contributed by atoms with van der Waals surface area (Å²) in [4.78, 5) is 30.4. The number of hydrogen-bond acceptors (Lipinski definition) is 5. The monoisotopic (exact) mass is 446 g/mol. The molecule has 0 radical (unpaired) electrons. The Bertz CT molecular complexity index is 1030. The van der Waals surface area contributed by atoms with Gasteiger partial charge in [0, 0.05) is 44.6 Å². The summed E-state index contributed by atoms with van der Waals surface area (Å²) in [6, 6.07) is 19.9. The summed E-state index contributed by atoms with van der Waals surface area (Å²) in [6.07, 6.45) is 3.41. The van der Waals surface area contributed by atoms with Gasteiger partial charge in [0.05, 0.1) is 6.54 Å². The van der Waals surface area contributed by atoms with Crippen LogP contribution in [-0.4, -0.2) is 68.0 Å². The fourth-order valence-electron chi connectivity index (χ4n) is 4.02. The maximum Gasteiger partial charge on any atom is 0.222 e. The highest BCUT2D eigenvalue weighted by Crippen LogP contribution is 2.13. The highest BCUT2D eigenvalue weighted by atomic mass is 16.2. The average molecular weight is 447 g/mol. The summed E-state index contributed by atoms with van der Waals surface area (Å²) in [6.45, 7) is 2.97. The molecule has 1 aromatic heterocycles. The molecule has 2 aromatic carbocycles. The summed E-state index contributed by atoms with van der Waals surface area (Å²) in [5.74, 6) is 0.894. The van der Waals surface area contributed by atoms with Crippen LogP contribution in [0.5, 0.6) is 0 Å². The van der Waals surface area contributed by atoms with Crippen molar-refractivity contribution in [3.8, 4) is 11.4 Å². The van der Waals surface area contributed by atoms with Gasteiger partial charge in [-0.15, -0.1) is 10.2 Å². The van der Waals surface area contributed by atoms with Gasteiger partial charge in [0.15, 0.2) is 0 Å². The number of hydrogen-bond donors (Lipinski definition) is 0. The van der Waals surface area contributed by atoms with Crippen molar-refractivity contribution in [1.29, 1.82) is 0 Å². The van der Waals surface area contributed by atoms with Crippen molar-refractivity contribution in [2.75, 3.05) is 26.2 Å². The molecule has 1 saturated heterocycles. The van der Waals surface area contributed by atoms with E-state index in [9.17, 15) is 9.59 Å². The normalized spacial score (nSPS) is 13.8. The van der Waals surface area contributed by atoms with Crippen molar-refractivity contribution in [3.05, 3.63) is 66.2 Å². The molecule has 8 heteroatoms. The molecule has 1 aliphatic rings. The van der Waals surface area contributed by atoms with E-state index < -0.39 is 0 Å². The van der Waals surface area contributed by atoms with E-state index in [0.717, 1.165) is 18.4 Å². The molecule has 2 heterocycles. The van der Waals surface area contributed by atoms with E-state index in [1.54, 1.807) is 4.80 Å². The van der Waals surface area contributed by atoms with Crippen LogP contribution in [0, 0.1) is 0 Å². The van der Waals surface area contributed by atoms with E-state index in [0.29, 0.717) is 57.8 Å². The Morgan fingerprint density at radius 3 is 1.97 bits per heavy atom. The van der Waals surface area contributed by atoms with Crippen molar-refractivity contribution >= 4 is 11.8 Å². The lowest BCUT2D eigenvalue weighted by molar-refractivity contribution is -0.139. The summed E-state index contributed by atoms with van der Waals surface area (Å²) in [5.41, 5.74) is 2.19. The Hall–Kier alpha value is -3.55. The van der Waals surface area contributed by atoms with Crippen LogP contribution < -0.4 is 0 Å². The van der Waals surface area contributed by atoms with E-state index in [2.05, 4.69) is 27.5 Å². The van der Waals surface area contributed by atoms with Crippen LogP contribution in [0.4, 0.5) is 0 Å². The molecule has 0 bridgehead atoms. The fraction of sp³-hybridized carbons (Fsp3) is 0.400. The molecule has 8 nitrogen and oxygen atoms in total. The number of carbonyl (C=O) groups excluding carboxylic acids is 2. The first-order valence-corrected chi connectivity index (χ1v) is 11.6. The van der Waals surface area contributed by atoms with Gasteiger partial charge < -0.3 is 9.80 Å². The van der Waals surface area contributed by atoms with Gasteiger partial charge in [-0.05, 0) is 30.0 Å². The number of nitrogens with zero attached hydrogens (tertiary/aromatic N) is 6. The van der Waals surface area contributed by atoms with Crippen molar-refractivity contribution in [2.24, 2.45) is 0 Å². The standard InChI is InChI=1S/C25H30N6O2/c32-23(14-7-11-21-9-3-1-4-10-21)29-17-19-30(20-18-29)24(33)15-8-16-31-27-25(26-28-31)22-12-5-2-6-13-22/h1-6,9-10,12-13H,7-8,11,14-20H2. The van der Waals surface area contributed by atoms with Crippen molar-refractivity contribution in [1.82, 2.24) is 30.0 Å². The number of aromatic nitrogens is 4. The first kappa shape index (κ1) is 22.6. The molecule has 0 unspecified atom stereocenters. The predicted octanol–water partition coefficient (Wildman–Crippen LogP) is 2.81. The van der Waals surface area contributed by atoms with E-state index >= 15 is 0 Å². The third kappa shape index (κ3) is 6.47. The maximum atomic E-state index is 12.6. The maximum absolute atomic E-state index is 12.6. The van der Waals surface area contributed by atoms with E-state index in [-0.39, 0.29) is 11.8 Å². The van der Waals surface area contributed by atoms with Gasteiger partial charge in [0.2, 0.25) is 17.6 Å². The molecular weight excluding hydrogens is 416 g/mol. The fourth-order valence-corrected chi connectivity index (χ4v) is 4.02. The summed E-state index contributed by atoms with van der Waals surface area (Å²) < 4.78 is 0. The Kier molecular flexibility index (Phi) is 7.79. The topological polar surface area (TPSA) is 84.2 Å². The Balaban J connectivity index is 1.13. The quantitative estimate of drug-likeness (QED) is 0.505. The highest BCUT2D eigenvalue weighted by Gasteiger charge is 2.23. The van der Waals surface area contributed by atoms with Crippen LogP contribution >= 0.6 is 0 Å². The molecule has 0 N–H and O–H groups in total. The summed E-state index contributed by atoms with van der Waals surface area (Å²) in [5, 5.41) is 12.6. The molecule has 0 atom stereocenters. The third-order valence-electron chi connectivity index (χ3n) is 5.92. The molecule has 33 heavy (non-hydrogen) atoms. The zero-order valence-electron chi connectivity index (χ0n) is 18.8. The number of benzene rings is 2. The zero-order chi connectivity index (χ0) is 22.9. The lowest BCUT2D eigenvalue weighted by atomic mass is 10.1. The summed E-state index contributed by atoms with van der Waals surface area (Å²) in [7, 11) is 0. The number of rotatable bonds is 9. The smallest absolute Gasteiger partial charge is 0.222 e. The van der Waals surface area contributed by atoms with E-state index in [4.69, 9.17) is 0 Å². The molecule has 2 amide bonds. The minimum absolute atomic E-state index is 0.120.